The minimum atomic E-state index is -1.10. The van der Waals surface area contributed by atoms with Gasteiger partial charge < -0.3 is 9.53 Å². The Hall–Kier alpha value is -1.85. The van der Waals surface area contributed by atoms with Gasteiger partial charge in [0.1, 0.15) is 17.4 Å². The first-order valence-corrected chi connectivity index (χ1v) is 6.02. The van der Waals surface area contributed by atoms with E-state index < -0.39 is 17.2 Å². The van der Waals surface area contributed by atoms with Gasteiger partial charge in [-0.2, -0.15) is 5.10 Å². The first-order chi connectivity index (χ1) is 8.60. The average Bonchev–Trinajstić information content (AvgIpc) is 2.72. The van der Waals surface area contributed by atoms with E-state index in [2.05, 4.69) is 5.10 Å². The molecule has 1 unspecified atom stereocenters. The van der Waals surface area contributed by atoms with E-state index in [1.165, 1.54) is 11.9 Å². The van der Waals surface area contributed by atoms with Crippen molar-refractivity contribution in [1.82, 2.24) is 14.7 Å². The molecule has 0 aromatic carbocycles. The van der Waals surface area contributed by atoms with Gasteiger partial charge in [-0.3, -0.25) is 9.58 Å². The van der Waals surface area contributed by atoms with Crippen LogP contribution in [0.1, 0.15) is 33.3 Å². The van der Waals surface area contributed by atoms with Crippen LogP contribution in [0, 0.1) is 0 Å². The van der Waals surface area contributed by atoms with Crippen LogP contribution in [-0.2, 0) is 22.1 Å². The molecule has 6 heteroatoms. The van der Waals surface area contributed by atoms with Gasteiger partial charge in [-0.05, 0) is 27.7 Å². The lowest BCUT2D eigenvalue weighted by molar-refractivity contribution is -0.117. The number of likely N-dealkylation sites (N-methyl/N-ethyl adjacent to an activating group) is 1. The Bertz CT molecular complexity index is 476. The molecule has 1 aromatic heterocycles. The van der Waals surface area contributed by atoms with Gasteiger partial charge >= 0.3 is 6.09 Å². The van der Waals surface area contributed by atoms with Crippen LogP contribution in [0.25, 0.3) is 0 Å². The summed E-state index contributed by atoms with van der Waals surface area (Å²) in [4.78, 5) is 24.8. The third-order valence-electron chi connectivity index (χ3n) is 2.88. The lowest BCUT2D eigenvalue weighted by Gasteiger charge is -2.34. The molecule has 0 spiro atoms. The fourth-order valence-corrected chi connectivity index (χ4v) is 1.54. The van der Waals surface area contributed by atoms with E-state index >= 15 is 0 Å². The van der Waals surface area contributed by atoms with Crippen molar-refractivity contribution in [2.45, 2.75) is 38.8 Å². The zero-order valence-corrected chi connectivity index (χ0v) is 12.3. The first kappa shape index (κ1) is 15.2. The van der Waals surface area contributed by atoms with E-state index in [0.29, 0.717) is 11.8 Å². The van der Waals surface area contributed by atoms with Gasteiger partial charge in [0.15, 0.2) is 0 Å². The molecule has 1 atom stereocenters. The molecule has 0 saturated carbocycles. The molecular weight excluding hydrogens is 246 g/mol. The predicted molar refractivity (Wildman–Crippen MR) is 70.6 cm³/mol. The zero-order valence-electron chi connectivity index (χ0n) is 12.3. The maximum absolute atomic E-state index is 12.1. The fraction of sp³-hybridized carbons (Fsp3) is 0.615. The third kappa shape index (κ3) is 3.33. The van der Waals surface area contributed by atoms with Gasteiger partial charge in [-0.25, -0.2) is 4.79 Å². The minimum absolute atomic E-state index is 0.550. The highest BCUT2D eigenvalue weighted by atomic mass is 16.6. The number of carbonyl (C=O) groups is 2. The summed E-state index contributed by atoms with van der Waals surface area (Å²) < 4.78 is 6.86. The summed E-state index contributed by atoms with van der Waals surface area (Å²) in [5.74, 6) is 0. The summed E-state index contributed by atoms with van der Waals surface area (Å²) in [7, 11) is 3.29. The Morgan fingerprint density at radius 3 is 2.37 bits per heavy atom. The Morgan fingerprint density at radius 2 is 2.00 bits per heavy atom. The number of hydrogen-bond donors (Lipinski definition) is 0. The number of aldehydes is 1. The molecule has 1 heterocycles. The summed E-state index contributed by atoms with van der Waals surface area (Å²) in [5, 5.41) is 4.03. The van der Waals surface area contributed by atoms with Crippen LogP contribution in [-0.4, -0.2) is 39.7 Å². The lowest BCUT2D eigenvalue weighted by atomic mass is 9.95. The Morgan fingerprint density at radius 1 is 1.42 bits per heavy atom. The molecule has 6 nitrogen and oxygen atoms in total. The standard InChI is InChI=1S/C13H21N3O3/c1-12(2,3)19-11(18)16(6)13(4,9-17)10-7-14-15(5)8-10/h7-9H,1-6H3. The van der Waals surface area contributed by atoms with Crippen LogP contribution in [0.2, 0.25) is 0 Å². The summed E-state index contributed by atoms with van der Waals surface area (Å²) in [6, 6.07) is 0. The molecule has 1 rings (SSSR count). The molecule has 0 fully saturated rings. The summed E-state index contributed by atoms with van der Waals surface area (Å²) in [6.45, 7) is 6.99. The molecule has 0 aliphatic carbocycles. The van der Waals surface area contributed by atoms with Crippen molar-refractivity contribution in [2.75, 3.05) is 7.05 Å². The van der Waals surface area contributed by atoms with Gasteiger partial charge in [-0.1, -0.05) is 0 Å². The summed E-state index contributed by atoms with van der Waals surface area (Å²) in [5.41, 5.74) is -1.07. The Labute approximate surface area is 113 Å². The van der Waals surface area contributed by atoms with Crippen molar-refractivity contribution >= 4 is 12.4 Å². The average molecular weight is 267 g/mol. The molecule has 0 radical (unpaired) electrons. The van der Waals surface area contributed by atoms with Gasteiger partial charge in [-0.15, -0.1) is 0 Å². The SMILES string of the molecule is CN(C(=O)OC(C)(C)C)C(C)(C=O)c1cnn(C)c1. The maximum atomic E-state index is 12.1. The van der Waals surface area contributed by atoms with Crippen LogP contribution in [0.4, 0.5) is 4.79 Å². The molecule has 0 bridgehead atoms. The Balaban J connectivity index is 3.02. The normalized spacial score (nSPS) is 14.6. The van der Waals surface area contributed by atoms with E-state index in [9.17, 15) is 9.59 Å². The van der Waals surface area contributed by atoms with Crippen molar-refractivity contribution < 1.29 is 14.3 Å². The van der Waals surface area contributed by atoms with E-state index in [4.69, 9.17) is 4.74 Å². The topological polar surface area (TPSA) is 64.4 Å². The van der Waals surface area contributed by atoms with Gasteiger partial charge in [0.05, 0.1) is 6.20 Å². The quantitative estimate of drug-likeness (QED) is 0.782. The molecule has 0 aliphatic heterocycles. The van der Waals surface area contributed by atoms with Crippen LogP contribution in [0.5, 0.6) is 0 Å². The molecule has 19 heavy (non-hydrogen) atoms. The summed E-state index contributed by atoms with van der Waals surface area (Å²) in [6.07, 6.45) is 3.43. The number of ether oxygens (including phenoxy) is 1. The number of amides is 1. The number of nitrogens with zero attached hydrogens (tertiary/aromatic N) is 3. The van der Waals surface area contributed by atoms with Crippen molar-refractivity contribution in [3.63, 3.8) is 0 Å². The van der Waals surface area contributed by atoms with Crippen LogP contribution >= 0.6 is 0 Å². The largest absolute Gasteiger partial charge is 0.444 e. The highest BCUT2D eigenvalue weighted by Gasteiger charge is 2.37. The number of hydrogen-bond acceptors (Lipinski definition) is 4. The molecular formula is C13H21N3O3. The van der Waals surface area contributed by atoms with E-state index in [1.807, 2.05) is 0 Å². The molecule has 0 N–H and O–H groups in total. The second kappa shape index (κ2) is 5.03. The molecule has 0 aliphatic rings. The van der Waals surface area contributed by atoms with Crippen molar-refractivity contribution in [1.29, 1.82) is 0 Å². The van der Waals surface area contributed by atoms with Crippen LogP contribution < -0.4 is 0 Å². The zero-order chi connectivity index (χ0) is 14.8. The van der Waals surface area contributed by atoms with E-state index in [-0.39, 0.29) is 0 Å². The number of rotatable bonds is 3. The molecule has 1 amide bonds. The minimum Gasteiger partial charge on any atom is -0.444 e. The smallest absolute Gasteiger partial charge is 0.411 e. The van der Waals surface area contributed by atoms with Crippen molar-refractivity contribution in [3.05, 3.63) is 18.0 Å². The van der Waals surface area contributed by atoms with Crippen molar-refractivity contribution in [2.24, 2.45) is 7.05 Å². The van der Waals surface area contributed by atoms with E-state index in [0.717, 1.165) is 0 Å². The highest BCUT2D eigenvalue weighted by Crippen LogP contribution is 2.26. The first-order valence-electron chi connectivity index (χ1n) is 6.02. The number of carbonyl (C=O) groups excluding carboxylic acids is 2. The second-order valence-corrected chi connectivity index (χ2v) is 5.71. The Kier molecular flexibility index (Phi) is 4.03. The molecule has 0 saturated heterocycles. The molecule has 1 aromatic rings. The van der Waals surface area contributed by atoms with Crippen molar-refractivity contribution in [3.8, 4) is 0 Å². The highest BCUT2D eigenvalue weighted by molar-refractivity contribution is 5.77. The monoisotopic (exact) mass is 267 g/mol. The van der Waals surface area contributed by atoms with Gasteiger partial charge in [0.25, 0.3) is 0 Å². The van der Waals surface area contributed by atoms with Gasteiger partial charge in [0.2, 0.25) is 0 Å². The second-order valence-electron chi connectivity index (χ2n) is 5.71. The maximum Gasteiger partial charge on any atom is 0.411 e. The predicted octanol–water partition coefficient (Wildman–Crippen LogP) is 1.70. The number of aromatic nitrogens is 2. The number of aryl methyl sites for hydroxylation is 1. The van der Waals surface area contributed by atoms with Gasteiger partial charge in [0, 0.05) is 25.9 Å². The van der Waals surface area contributed by atoms with Crippen LogP contribution in [0.3, 0.4) is 0 Å². The summed E-state index contributed by atoms with van der Waals surface area (Å²) >= 11 is 0. The van der Waals surface area contributed by atoms with E-state index in [1.54, 1.807) is 51.8 Å². The lowest BCUT2D eigenvalue weighted by Crippen LogP contribution is -2.48. The van der Waals surface area contributed by atoms with Crippen LogP contribution in [0.15, 0.2) is 12.4 Å². The fourth-order valence-electron chi connectivity index (χ4n) is 1.54. The molecule has 106 valence electrons. The third-order valence-corrected chi connectivity index (χ3v) is 2.88.